The van der Waals surface area contributed by atoms with Crippen molar-refractivity contribution in [1.82, 2.24) is 4.90 Å². The molecule has 0 spiro atoms. The highest BCUT2D eigenvalue weighted by atomic mass is 16.4. The third-order valence-electron chi connectivity index (χ3n) is 3.70. The smallest absolute Gasteiger partial charge is 0.325 e. The molecule has 21 heavy (non-hydrogen) atoms. The number of amides is 2. The van der Waals surface area contributed by atoms with Crippen LogP contribution in [0.15, 0.2) is 24.3 Å². The lowest BCUT2D eigenvalue weighted by Gasteiger charge is -2.29. The van der Waals surface area contributed by atoms with E-state index in [2.05, 4.69) is 0 Å². The van der Waals surface area contributed by atoms with Crippen LogP contribution in [0.1, 0.15) is 25.3 Å². The summed E-state index contributed by atoms with van der Waals surface area (Å²) in [4.78, 5) is 26.8. The summed E-state index contributed by atoms with van der Waals surface area (Å²) in [6.45, 7) is 4.88. The summed E-state index contributed by atoms with van der Waals surface area (Å²) in [7, 11) is 0. The number of rotatable bonds is 6. The van der Waals surface area contributed by atoms with Crippen molar-refractivity contribution in [2.75, 3.05) is 24.5 Å². The molecule has 0 unspecified atom stereocenters. The molecule has 0 aromatic heterocycles. The number of anilines is 1. The number of benzene rings is 1. The average Bonchev–Trinajstić information content (AvgIpc) is 3.26. The van der Waals surface area contributed by atoms with E-state index in [-0.39, 0.29) is 12.6 Å². The fourth-order valence-corrected chi connectivity index (χ4v) is 2.25. The minimum absolute atomic E-state index is 0.226. The second-order valence-electron chi connectivity index (χ2n) is 5.58. The van der Waals surface area contributed by atoms with Crippen molar-refractivity contribution in [3.05, 3.63) is 29.8 Å². The number of hydrogen-bond donors (Lipinski definition) is 1. The van der Waals surface area contributed by atoms with Gasteiger partial charge in [-0.15, -0.1) is 0 Å². The Balaban J connectivity index is 2.18. The van der Waals surface area contributed by atoms with Gasteiger partial charge in [0.1, 0.15) is 6.54 Å². The molecule has 1 aliphatic carbocycles. The Morgan fingerprint density at radius 3 is 2.33 bits per heavy atom. The fraction of sp³-hybridized carbons (Fsp3) is 0.500. The highest BCUT2D eigenvalue weighted by Gasteiger charge is 2.29. The molecule has 2 amide bonds. The van der Waals surface area contributed by atoms with Crippen molar-refractivity contribution in [3.63, 3.8) is 0 Å². The number of carboxylic acid groups (broad SMARTS) is 1. The van der Waals surface area contributed by atoms with Crippen LogP contribution in [0.5, 0.6) is 0 Å². The first-order valence-corrected chi connectivity index (χ1v) is 7.36. The first-order valence-electron chi connectivity index (χ1n) is 7.36. The van der Waals surface area contributed by atoms with Crippen LogP contribution >= 0.6 is 0 Å². The summed E-state index contributed by atoms with van der Waals surface area (Å²) < 4.78 is 0. The minimum atomic E-state index is -1.01. The Kier molecular flexibility index (Phi) is 4.83. The van der Waals surface area contributed by atoms with E-state index in [0.29, 0.717) is 18.2 Å². The van der Waals surface area contributed by atoms with E-state index in [0.717, 1.165) is 24.9 Å². The molecule has 0 radical (unpaired) electrons. The van der Waals surface area contributed by atoms with Crippen molar-refractivity contribution < 1.29 is 14.7 Å². The van der Waals surface area contributed by atoms with E-state index in [1.807, 2.05) is 26.0 Å². The summed E-state index contributed by atoms with van der Waals surface area (Å²) in [6.07, 6.45) is 2.32. The van der Waals surface area contributed by atoms with Crippen LogP contribution in [0.3, 0.4) is 0 Å². The summed E-state index contributed by atoms with van der Waals surface area (Å²) >= 11 is 0. The number of urea groups is 1. The predicted octanol–water partition coefficient (Wildman–Crippen LogP) is 2.74. The third-order valence-corrected chi connectivity index (χ3v) is 3.70. The Morgan fingerprint density at radius 2 is 1.86 bits per heavy atom. The van der Waals surface area contributed by atoms with E-state index >= 15 is 0 Å². The Hall–Kier alpha value is -2.04. The van der Waals surface area contributed by atoms with Crippen molar-refractivity contribution in [1.29, 1.82) is 0 Å². The van der Waals surface area contributed by atoms with Gasteiger partial charge in [-0.2, -0.15) is 0 Å². The van der Waals surface area contributed by atoms with Crippen molar-refractivity contribution >= 4 is 17.7 Å². The maximum absolute atomic E-state index is 12.6. The molecule has 1 fully saturated rings. The van der Waals surface area contributed by atoms with Gasteiger partial charge in [-0.1, -0.05) is 17.7 Å². The minimum Gasteiger partial charge on any atom is -0.480 e. The van der Waals surface area contributed by atoms with Gasteiger partial charge in [0.05, 0.1) is 0 Å². The highest BCUT2D eigenvalue weighted by molar-refractivity contribution is 5.96. The second-order valence-corrected chi connectivity index (χ2v) is 5.58. The van der Waals surface area contributed by atoms with Crippen LogP contribution in [0, 0.1) is 12.8 Å². The molecule has 1 aromatic carbocycles. The number of aryl methyl sites for hydroxylation is 1. The third kappa shape index (κ3) is 4.21. The van der Waals surface area contributed by atoms with Crippen molar-refractivity contribution in [2.24, 2.45) is 5.92 Å². The number of carbonyl (C=O) groups is 2. The Labute approximate surface area is 125 Å². The van der Waals surface area contributed by atoms with E-state index in [1.54, 1.807) is 17.0 Å². The molecule has 0 bridgehead atoms. The lowest BCUT2D eigenvalue weighted by atomic mass is 10.2. The number of carboxylic acids is 1. The first kappa shape index (κ1) is 15.4. The van der Waals surface area contributed by atoms with Gasteiger partial charge in [0.2, 0.25) is 0 Å². The lowest BCUT2D eigenvalue weighted by molar-refractivity contribution is -0.135. The molecular formula is C16H22N2O3. The van der Waals surface area contributed by atoms with Crippen LogP contribution in [0.4, 0.5) is 10.5 Å². The largest absolute Gasteiger partial charge is 0.480 e. The summed E-state index contributed by atoms with van der Waals surface area (Å²) in [5.41, 5.74) is 1.70. The number of aliphatic carboxylic acids is 1. The molecule has 1 N–H and O–H groups in total. The summed E-state index contributed by atoms with van der Waals surface area (Å²) in [5, 5.41) is 9.09. The zero-order chi connectivity index (χ0) is 15.4. The van der Waals surface area contributed by atoms with Crippen LogP contribution in [-0.2, 0) is 4.79 Å². The molecule has 1 saturated carbocycles. The van der Waals surface area contributed by atoms with Crippen molar-refractivity contribution in [3.8, 4) is 0 Å². The molecule has 1 aliphatic rings. The Bertz CT molecular complexity index is 509. The first-order chi connectivity index (χ1) is 10.0. The fourth-order valence-electron chi connectivity index (χ4n) is 2.25. The van der Waals surface area contributed by atoms with Gasteiger partial charge in [-0.3, -0.25) is 9.69 Å². The molecule has 114 valence electrons. The van der Waals surface area contributed by atoms with Gasteiger partial charge < -0.3 is 10.0 Å². The molecule has 0 saturated heterocycles. The molecule has 0 atom stereocenters. The lowest BCUT2D eigenvalue weighted by Crippen LogP contribution is -2.46. The zero-order valence-electron chi connectivity index (χ0n) is 12.6. The van der Waals surface area contributed by atoms with Crippen LogP contribution < -0.4 is 4.90 Å². The molecule has 1 aromatic rings. The second kappa shape index (κ2) is 6.61. The van der Waals surface area contributed by atoms with E-state index in [9.17, 15) is 9.59 Å². The highest BCUT2D eigenvalue weighted by Crippen LogP contribution is 2.30. The quantitative estimate of drug-likeness (QED) is 0.876. The van der Waals surface area contributed by atoms with Crippen LogP contribution in [-0.4, -0.2) is 41.6 Å². The maximum atomic E-state index is 12.6. The number of nitrogens with zero attached hydrogens (tertiary/aromatic N) is 2. The Morgan fingerprint density at radius 1 is 1.24 bits per heavy atom. The van der Waals surface area contributed by atoms with Gasteiger partial charge in [0.15, 0.2) is 0 Å². The molecule has 5 heteroatoms. The average molecular weight is 290 g/mol. The summed E-state index contributed by atoms with van der Waals surface area (Å²) in [5.74, 6) is -0.426. The normalized spacial score (nSPS) is 13.8. The molecule has 5 nitrogen and oxygen atoms in total. The van der Waals surface area contributed by atoms with E-state index < -0.39 is 5.97 Å². The summed E-state index contributed by atoms with van der Waals surface area (Å²) in [6, 6.07) is 7.13. The van der Waals surface area contributed by atoms with E-state index in [4.69, 9.17) is 5.11 Å². The van der Waals surface area contributed by atoms with Gasteiger partial charge in [0.25, 0.3) is 0 Å². The van der Waals surface area contributed by atoms with Crippen LogP contribution in [0.2, 0.25) is 0 Å². The van der Waals surface area contributed by atoms with Gasteiger partial charge in [-0.25, -0.2) is 4.79 Å². The SMILES string of the molecule is CCN(CC1CC1)C(=O)N(CC(=O)O)c1ccc(C)cc1. The molecule has 0 aliphatic heterocycles. The monoisotopic (exact) mass is 290 g/mol. The zero-order valence-corrected chi connectivity index (χ0v) is 12.6. The molecule has 2 rings (SSSR count). The maximum Gasteiger partial charge on any atom is 0.325 e. The van der Waals surface area contributed by atoms with Crippen molar-refractivity contribution in [2.45, 2.75) is 26.7 Å². The molecular weight excluding hydrogens is 268 g/mol. The van der Waals surface area contributed by atoms with Gasteiger partial charge >= 0.3 is 12.0 Å². The molecule has 0 heterocycles. The topological polar surface area (TPSA) is 60.9 Å². The predicted molar refractivity (Wildman–Crippen MR) is 81.5 cm³/mol. The standard InChI is InChI=1S/C16H22N2O3/c1-3-17(10-13-6-7-13)16(21)18(11-15(19)20)14-8-4-12(2)5-9-14/h4-5,8-9,13H,3,6-7,10-11H2,1-2H3,(H,19,20). The van der Waals surface area contributed by atoms with Gasteiger partial charge in [-0.05, 0) is 44.7 Å². The number of carbonyl (C=O) groups excluding carboxylic acids is 1. The van der Waals surface area contributed by atoms with Crippen LogP contribution in [0.25, 0.3) is 0 Å². The van der Waals surface area contributed by atoms with Gasteiger partial charge in [0, 0.05) is 18.8 Å². The number of hydrogen-bond acceptors (Lipinski definition) is 2. The van der Waals surface area contributed by atoms with E-state index in [1.165, 1.54) is 4.90 Å².